The number of hydrogen-bond acceptors (Lipinski definition) is 5. The number of thiazole rings is 1. The Morgan fingerprint density at radius 3 is 2.81 bits per heavy atom. The predicted molar refractivity (Wildman–Crippen MR) is 127 cm³/mol. The highest BCUT2D eigenvalue weighted by molar-refractivity contribution is 7.13. The van der Waals surface area contributed by atoms with Gasteiger partial charge in [-0.05, 0) is 44.9 Å². The van der Waals surface area contributed by atoms with E-state index in [1.807, 2.05) is 25.3 Å². The molecule has 4 rings (SSSR count). The van der Waals surface area contributed by atoms with Gasteiger partial charge < -0.3 is 10.2 Å². The van der Waals surface area contributed by atoms with E-state index in [1.54, 1.807) is 27.9 Å². The van der Waals surface area contributed by atoms with Crippen LogP contribution in [0, 0.1) is 19.8 Å². The largest absolute Gasteiger partial charge is 0.342 e. The van der Waals surface area contributed by atoms with Gasteiger partial charge in [0.05, 0.1) is 28.7 Å². The molecule has 1 aliphatic heterocycles. The fraction of sp³-hybridized carbons (Fsp3) is 0.364. The van der Waals surface area contributed by atoms with Crippen molar-refractivity contribution in [1.82, 2.24) is 19.7 Å². The second kappa shape index (κ2) is 9.60. The van der Waals surface area contributed by atoms with Crippen molar-refractivity contribution in [2.75, 3.05) is 18.4 Å². The number of carbonyl (C=O) groups excluding carboxylic acids is 2. The molecule has 1 aliphatic rings. The maximum absolute atomic E-state index is 13.1. The van der Waals surface area contributed by atoms with Crippen LogP contribution in [-0.4, -0.2) is 44.6 Å². The van der Waals surface area contributed by atoms with Gasteiger partial charge in [-0.25, -0.2) is 9.67 Å². The van der Waals surface area contributed by atoms with E-state index >= 15 is 0 Å². The topological polar surface area (TPSA) is 80.1 Å². The highest BCUT2D eigenvalue weighted by Crippen LogP contribution is 2.28. The van der Waals surface area contributed by atoms with Gasteiger partial charge in [0.2, 0.25) is 11.8 Å². The Kier molecular flexibility index (Phi) is 6.83. The van der Waals surface area contributed by atoms with E-state index in [-0.39, 0.29) is 24.2 Å². The Morgan fingerprint density at radius 2 is 2.09 bits per heavy atom. The normalized spacial score (nSPS) is 16.2. The molecule has 1 atom stereocenters. The second-order valence-corrected chi connectivity index (χ2v) is 9.58. The number of rotatable bonds is 5. The zero-order chi connectivity index (χ0) is 22.8. The fourth-order valence-corrected chi connectivity index (χ4v) is 5.01. The molecule has 3 aromatic rings. The molecule has 1 saturated heterocycles. The van der Waals surface area contributed by atoms with Gasteiger partial charge in [-0.1, -0.05) is 23.2 Å². The standard InChI is InChI=1S/C22H23Cl2N5O2S/c1-13-17(14(2)29(27-13)19-6-5-16(23)10-18(19)24)11-20(30)28-8-3-4-15(12-28)21(31)26-22-25-7-9-32-22/h5-7,9-10,15H,3-4,8,11-12H2,1-2H3,(H,25,26,31). The number of hydrogen-bond donors (Lipinski definition) is 1. The number of nitrogens with zero attached hydrogens (tertiary/aromatic N) is 4. The third-order valence-corrected chi connectivity index (χ3v) is 6.94. The van der Waals surface area contributed by atoms with Crippen molar-refractivity contribution >= 4 is 51.5 Å². The number of halogens is 2. The molecule has 3 heterocycles. The van der Waals surface area contributed by atoms with Gasteiger partial charge in [-0.2, -0.15) is 5.10 Å². The van der Waals surface area contributed by atoms with E-state index in [0.29, 0.717) is 34.0 Å². The summed E-state index contributed by atoms with van der Waals surface area (Å²) in [6.07, 6.45) is 3.42. The smallest absolute Gasteiger partial charge is 0.231 e. The predicted octanol–water partition coefficient (Wildman–Crippen LogP) is 4.67. The molecule has 0 radical (unpaired) electrons. The van der Waals surface area contributed by atoms with Gasteiger partial charge in [-0.15, -0.1) is 11.3 Å². The Morgan fingerprint density at radius 1 is 1.28 bits per heavy atom. The lowest BCUT2D eigenvalue weighted by molar-refractivity contribution is -0.133. The van der Waals surface area contributed by atoms with Gasteiger partial charge in [-0.3, -0.25) is 9.59 Å². The lowest BCUT2D eigenvalue weighted by atomic mass is 9.96. The Hall–Kier alpha value is -2.42. The fourth-order valence-electron chi connectivity index (χ4n) is 3.99. The van der Waals surface area contributed by atoms with E-state index in [0.717, 1.165) is 29.8 Å². The van der Waals surface area contributed by atoms with Gasteiger partial charge in [0, 0.05) is 40.9 Å². The Labute approximate surface area is 200 Å². The number of aromatic nitrogens is 3. The first-order chi connectivity index (χ1) is 15.3. The summed E-state index contributed by atoms with van der Waals surface area (Å²) in [4.78, 5) is 31.6. The average molecular weight is 492 g/mol. The molecule has 1 fully saturated rings. The van der Waals surface area contributed by atoms with Crippen molar-refractivity contribution in [3.05, 3.63) is 56.8 Å². The molecular weight excluding hydrogens is 469 g/mol. The van der Waals surface area contributed by atoms with Crippen LogP contribution in [0.25, 0.3) is 5.69 Å². The van der Waals surface area contributed by atoms with Gasteiger partial charge >= 0.3 is 0 Å². The number of likely N-dealkylation sites (tertiary alicyclic amines) is 1. The zero-order valence-electron chi connectivity index (χ0n) is 17.8. The number of nitrogens with one attached hydrogen (secondary N) is 1. The maximum Gasteiger partial charge on any atom is 0.231 e. The summed E-state index contributed by atoms with van der Waals surface area (Å²) in [6, 6.07) is 5.24. The van der Waals surface area contributed by atoms with Gasteiger partial charge in [0.25, 0.3) is 0 Å². The number of aryl methyl sites for hydroxylation is 1. The monoisotopic (exact) mass is 491 g/mol. The quantitative estimate of drug-likeness (QED) is 0.561. The molecule has 0 spiro atoms. The van der Waals surface area contributed by atoms with Crippen LogP contribution in [0.15, 0.2) is 29.8 Å². The molecule has 1 N–H and O–H groups in total. The van der Waals surface area contributed by atoms with Crippen molar-refractivity contribution in [1.29, 1.82) is 0 Å². The summed E-state index contributed by atoms with van der Waals surface area (Å²) in [5, 5.41) is 10.9. The summed E-state index contributed by atoms with van der Waals surface area (Å²) in [6.45, 7) is 4.87. The van der Waals surface area contributed by atoms with E-state index in [4.69, 9.17) is 23.2 Å². The van der Waals surface area contributed by atoms with E-state index in [9.17, 15) is 9.59 Å². The molecule has 0 aliphatic carbocycles. The van der Waals surface area contributed by atoms with Crippen LogP contribution in [0.3, 0.4) is 0 Å². The minimum atomic E-state index is -0.241. The molecule has 7 nitrogen and oxygen atoms in total. The number of piperidine rings is 1. The van der Waals surface area contributed by atoms with Crippen LogP contribution < -0.4 is 5.32 Å². The van der Waals surface area contributed by atoms with Crippen molar-refractivity contribution in [3.8, 4) is 5.69 Å². The van der Waals surface area contributed by atoms with Crippen LogP contribution in [0.4, 0.5) is 5.13 Å². The molecule has 168 valence electrons. The highest BCUT2D eigenvalue weighted by Gasteiger charge is 2.29. The van der Waals surface area contributed by atoms with Crippen molar-refractivity contribution < 1.29 is 9.59 Å². The lowest BCUT2D eigenvalue weighted by Gasteiger charge is -2.32. The van der Waals surface area contributed by atoms with Gasteiger partial charge in [0.15, 0.2) is 5.13 Å². The molecule has 2 amide bonds. The first-order valence-electron chi connectivity index (χ1n) is 10.3. The first kappa shape index (κ1) is 22.8. The van der Waals surface area contributed by atoms with Crippen LogP contribution >= 0.6 is 34.5 Å². The van der Waals surface area contributed by atoms with E-state index in [2.05, 4.69) is 15.4 Å². The van der Waals surface area contributed by atoms with Crippen LogP contribution in [0.2, 0.25) is 10.0 Å². The van der Waals surface area contributed by atoms with Crippen LogP contribution in [0.1, 0.15) is 29.8 Å². The number of carbonyl (C=O) groups is 2. The third-order valence-electron chi connectivity index (χ3n) is 5.71. The number of benzene rings is 1. The molecular formula is C22H23Cl2N5O2S. The number of anilines is 1. The molecule has 1 unspecified atom stereocenters. The summed E-state index contributed by atoms with van der Waals surface area (Å²) >= 11 is 13.8. The summed E-state index contributed by atoms with van der Waals surface area (Å²) in [5.74, 6) is -0.339. The maximum atomic E-state index is 13.1. The van der Waals surface area contributed by atoms with Crippen molar-refractivity contribution in [3.63, 3.8) is 0 Å². The van der Waals surface area contributed by atoms with Crippen LogP contribution in [-0.2, 0) is 16.0 Å². The minimum Gasteiger partial charge on any atom is -0.342 e. The molecule has 10 heteroatoms. The Bertz CT molecular complexity index is 1150. The van der Waals surface area contributed by atoms with Crippen molar-refractivity contribution in [2.45, 2.75) is 33.1 Å². The molecule has 0 bridgehead atoms. The van der Waals surface area contributed by atoms with Crippen molar-refractivity contribution in [2.24, 2.45) is 5.92 Å². The molecule has 2 aromatic heterocycles. The van der Waals surface area contributed by atoms with E-state index < -0.39 is 0 Å². The SMILES string of the molecule is Cc1nn(-c2ccc(Cl)cc2Cl)c(C)c1CC(=O)N1CCCC(C(=O)Nc2nccs2)C1. The van der Waals surface area contributed by atoms with Crippen LogP contribution in [0.5, 0.6) is 0 Å². The second-order valence-electron chi connectivity index (χ2n) is 7.84. The summed E-state index contributed by atoms with van der Waals surface area (Å²) < 4.78 is 1.75. The van der Waals surface area contributed by atoms with Gasteiger partial charge in [0.1, 0.15) is 0 Å². The summed E-state index contributed by atoms with van der Waals surface area (Å²) in [5.41, 5.74) is 3.22. The molecule has 32 heavy (non-hydrogen) atoms. The minimum absolute atomic E-state index is 0.00954. The van der Waals surface area contributed by atoms with E-state index in [1.165, 1.54) is 11.3 Å². The average Bonchev–Trinajstić information content (AvgIpc) is 3.37. The summed E-state index contributed by atoms with van der Waals surface area (Å²) in [7, 11) is 0. The highest BCUT2D eigenvalue weighted by atomic mass is 35.5. The Balaban J connectivity index is 1.46. The first-order valence-corrected chi connectivity index (χ1v) is 12.0. The number of amides is 2. The zero-order valence-corrected chi connectivity index (χ0v) is 20.1. The lowest BCUT2D eigenvalue weighted by Crippen LogP contribution is -2.44. The third kappa shape index (κ3) is 4.82. The molecule has 0 saturated carbocycles. The molecule has 1 aromatic carbocycles.